The SMILES string of the molecule is CC(C)(C)NC(=O)[C@@H](Cc1ccccc1)N(Cc1ccccc1Cl)C(=O)CN(c1ccccc1)S(C)(=O)=O. The van der Waals surface area contributed by atoms with Crippen LogP contribution < -0.4 is 9.62 Å². The van der Waals surface area contributed by atoms with Crippen LogP contribution >= 0.6 is 11.6 Å². The molecular formula is C29H34ClN3O4S. The maximum Gasteiger partial charge on any atom is 0.244 e. The minimum Gasteiger partial charge on any atom is -0.350 e. The van der Waals surface area contributed by atoms with Crippen molar-refractivity contribution in [1.29, 1.82) is 0 Å². The van der Waals surface area contributed by atoms with Gasteiger partial charge in [-0.25, -0.2) is 8.42 Å². The molecule has 0 aromatic heterocycles. The predicted molar refractivity (Wildman–Crippen MR) is 152 cm³/mol. The average molecular weight is 556 g/mol. The van der Waals surface area contributed by atoms with Gasteiger partial charge in [0.1, 0.15) is 12.6 Å². The molecule has 0 heterocycles. The average Bonchev–Trinajstić information content (AvgIpc) is 2.85. The van der Waals surface area contributed by atoms with Crippen LogP contribution in [0.2, 0.25) is 5.02 Å². The Balaban J connectivity index is 2.07. The lowest BCUT2D eigenvalue weighted by molar-refractivity contribution is -0.140. The second-order valence-corrected chi connectivity index (χ2v) is 12.5. The van der Waals surface area contributed by atoms with E-state index in [2.05, 4.69) is 5.32 Å². The number of hydrogen-bond acceptors (Lipinski definition) is 4. The Bertz CT molecular complexity index is 1340. The fourth-order valence-corrected chi connectivity index (χ4v) is 5.07. The Labute approximate surface area is 230 Å². The highest BCUT2D eigenvalue weighted by atomic mass is 35.5. The molecule has 0 aliphatic heterocycles. The first-order valence-electron chi connectivity index (χ1n) is 12.3. The highest BCUT2D eigenvalue weighted by Gasteiger charge is 2.34. The van der Waals surface area contributed by atoms with Crippen LogP contribution in [0.15, 0.2) is 84.9 Å². The van der Waals surface area contributed by atoms with Crippen LogP contribution in [0.4, 0.5) is 5.69 Å². The summed E-state index contributed by atoms with van der Waals surface area (Å²) in [5.41, 5.74) is 1.32. The van der Waals surface area contributed by atoms with E-state index >= 15 is 0 Å². The number of para-hydroxylation sites is 1. The first-order valence-corrected chi connectivity index (χ1v) is 14.5. The van der Waals surface area contributed by atoms with Crippen LogP contribution in [0, 0.1) is 0 Å². The molecule has 2 amide bonds. The second kappa shape index (κ2) is 12.5. The molecule has 1 N–H and O–H groups in total. The van der Waals surface area contributed by atoms with Crippen molar-refractivity contribution < 1.29 is 18.0 Å². The summed E-state index contributed by atoms with van der Waals surface area (Å²) in [5.74, 6) is -0.864. The number of benzene rings is 3. The van der Waals surface area contributed by atoms with Crippen LogP contribution in [0.3, 0.4) is 0 Å². The molecule has 9 heteroatoms. The number of carbonyl (C=O) groups excluding carboxylic acids is 2. The normalized spacial score (nSPS) is 12.4. The first kappa shape index (κ1) is 29.2. The van der Waals surface area contributed by atoms with Gasteiger partial charge < -0.3 is 10.2 Å². The summed E-state index contributed by atoms with van der Waals surface area (Å²) in [4.78, 5) is 29.1. The minimum absolute atomic E-state index is 0.0277. The molecule has 0 saturated heterocycles. The van der Waals surface area contributed by atoms with E-state index in [9.17, 15) is 18.0 Å². The highest BCUT2D eigenvalue weighted by Crippen LogP contribution is 2.23. The first-order chi connectivity index (χ1) is 17.8. The van der Waals surface area contributed by atoms with Gasteiger partial charge in [0.05, 0.1) is 11.9 Å². The lowest BCUT2D eigenvalue weighted by Crippen LogP contribution is -2.56. The summed E-state index contributed by atoms with van der Waals surface area (Å²) in [5, 5.41) is 3.44. The summed E-state index contributed by atoms with van der Waals surface area (Å²) >= 11 is 6.45. The van der Waals surface area contributed by atoms with Gasteiger partial charge in [0.2, 0.25) is 21.8 Å². The van der Waals surface area contributed by atoms with E-state index in [1.54, 1.807) is 54.6 Å². The fourth-order valence-electron chi connectivity index (χ4n) is 4.02. The largest absolute Gasteiger partial charge is 0.350 e. The van der Waals surface area contributed by atoms with Gasteiger partial charge in [0.25, 0.3) is 0 Å². The van der Waals surface area contributed by atoms with Crippen molar-refractivity contribution >= 4 is 39.1 Å². The van der Waals surface area contributed by atoms with Gasteiger partial charge in [0.15, 0.2) is 0 Å². The molecule has 0 aliphatic rings. The Kier molecular flexibility index (Phi) is 9.57. The van der Waals surface area contributed by atoms with E-state index in [0.29, 0.717) is 16.3 Å². The lowest BCUT2D eigenvalue weighted by atomic mass is 10.0. The molecule has 202 valence electrons. The quantitative estimate of drug-likeness (QED) is 0.394. The Morgan fingerprint density at radius 2 is 1.45 bits per heavy atom. The second-order valence-electron chi connectivity index (χ2n) is 10.2. The zero-order valence-electron chi connectivity index (χ0n) is 22.1. The number of halogens is 1. The Morgan fingerprint density at radius 3 is 2.00 bits per heavy atom. The molecule has 3 aromatic rings. The van der Waals surface area contributed by atoms with Crippen molar-refractivity contribution in [1.82, 2.24) is 10.2 Å². The van der Waals surface area contributed by atoms with Crippen molar-refractivity contribution in [3.63, 3.8) is 0 Å². The number of rotatable bonds is 10. The summed E-state index contributed by atoms with van der Waals surface area (Å²) in [6.07, 6.45) is 1.29. The van der Waals surface area contributed by atoms with Gasteiger partial charge in [-0.15, -0.1) is 0 Å². The molecule has 0 fully saturated rings. The molecule has 7 nitrogen and oxygen atoms in total. The number of hydrogen-bond donors (Lipinski definition) is 1. The van der Waals surface area contributed by atoms with Gasteiger partial charge in [-0.3, -0.25) is 13.9 Å². The highest BCUT2D eigenvalue weighted by molar-refractivity contribution is 7.92. The standard InChI is InChI=1S/C29H34ClN3O4S/c1-29(2,3)31-28(35)26(19-22-13-7-5-8-14-22)32(20-23-15-11-12-18-25(23)30)27(34)21-33(38(4,36)37)24-16-9-6-10-17-24/h5-18,26H,19-21H2,1-4H3,(H,31,35)/t26-/m1/s1. The Morgan fingerprint density at radius 1 is 0.895 bits per heavy atom. The van der Waals surface area contributed by atoms with Crippen LogP contribution in [0.5, 0.6) is 0 Å². The minimum atomic E-state index is -3.80. The van der Waals surface area contributed by atoms with Crippen LogP contribution in [-0.2, 0) is 32.6 Å². The fraction of sp³-hybridized carbons (Fsp3) is 0.310. The van der Waals surface area contributed by atoms with Gasteiger partial charge in [-0.05, 0) is 50.1 Å². The molecule has 0 bridgehead atoms. The number of nitrogens with one attached hydrogen (secondary N) is 1. The van der Waals surface area contributed by atoms with E-state index in [-0.39, 0.29) is 18.9 Å². The molecule has 3 aromatic carbocycles. The third-order valence-electron chi connectivity index (χ3n) is 5.79. The molecular weight excluding hydrogens is 522 g/mol. The third-order valence-corrected chi connectivity index (χ3v) is 7.30. The zero-order valence-corrected chi connectivity index (χ0v) is 23.7. The molecule has 38 heavy (non-hydrogen) atoms. The maximum atomic E-state index is 14.0. The molecule has 0 unspecified atom stereocenters. The summed E-state index contributed by atoms with van der Waals surface area (Å²) in [7, 11) is -3.80. The maximum absolute atomic E-state index is 14.0. The molecule has 1 atom stereocenters. The number of amides is 2. The molecule has 0 spiro atoms. The van der Waals surface area contributed by atoms with Gasteiger partial charge >= 0.3 is 0 Å². The van der Waals surface area contributed by atoms with Gasteiger partial charge in [-0.2, -0.15) is 0 Å². The van der Waals surface area contributed by atoms with Crippen LogP contribution in [0.25, 0.3) is 0 Å². The third kappa shape index (κ3) is 8.33. The summed E-state index contributed by atoms with van der Waals surface area (Å²) in [6.45, 7) is 5.16. The van der Waals surface area contributed by atoms with Crippen molar-refractivity contribution in [3.8, 4) is 0 Å². The van der Waals surface area contributed by atoms with Crippen LogP contribution in [-0.4, -0.2) is 49.5 Å². The summed E-state index contributed by atoms with van der Waals surface area (Å²) < 4.78 is 26.5. The zero-order chi connectivity index (χ0) is 27.9. The smallest absolute Gasteiger partial charge is 0.244 e. The van der Waals surface area contributed by atoms with E-state index in [1.807, 2.05) is 51.1 Å². The van der Waals surface area contributed by atoms with Crippen molar-refractivity contribution in [2.75, 3.05) is 17.1 Å². The van der Waals surface area contributed by atoms with E-state index in [0.717, 1.165) is 16.1 Å². The summed E-state index contributed by atoms with van der Waals surface area (Å²) in [6, 6.07) is 24.0. The predicted octanol–water partition coefficient (Wildman–Crippen LogP) is 4.66. The van der Waals surface area contributed by atoms with Crippen molar-refractivity contribution in [2.45, 2.75) is 45.3 Å². The number of carbonyl (C=O) groups is 2. The van der Waals surface area contributed by atoms with E-state index in [4.69, 9.17) is 11.6 Å². The van der Waals surface area contributed by atoms with Crippen LogP contribution in [0.1, 0.15) is 31.9 Å². The number of nitrogens with zero attached hydrogens (tertiary/aromatic N) is 2. The van der Waals surface area contributed by atoms with Gasteiger partial charge in [0, 0.05) is 23.5 Å². The molecule has 0 radical (unpaired) electrons. The molecule has 0 aliphatic carbocycles. The lowest BCUT2D eigenvalue weighted by Gasteiger charge is -2.35. The molecule has 0 saturated carbocycles. The van der Waals surface area contributed by atoms with Crippen molar-refractivity contribution in [3.05, 3.63) is 101 Å². The number of anilines is 1. The van der Waals surface area contributed by atoms with Crippen molar-refractivity contribution in [2.24, 2.45) is 0 Å². The number of sulfonamides is 1. The van der Waals surface area contributed by atoms with E-state index < -0.39 is 34.1 Å². The van der Waals surface area contributed by atoms with E-state index in [1.165, 1.54) is 4.90 Å². The topological polar surface area (TPSA) is 86.8 Å². The monoisotopic (exact) mass is 555 g/mol. The Hall–Kier alpha value is -3.36. The molecule has 3 rings (SSSR count). The van der Waals surface area contributed by atoms with Gasteiger partial charge in [-0.1, -0.05) is 78.3 Å².